The number of para-hydroxylation sites is 1. The van der Waals surface area contributed by atoms with Gasteiger partial charge in [0.15, 0.2) is 0 Å². The van der Waals surface area contributed by atoms with Crippen molar-refractivity contribution in [3.63, 3.8) is 0 Å². The van der Waals surface area contributed by atoms with Crippen LogP contribution in [-0.2, 0) is 12.8 Å². The molecule has 0 bridgehead atoms. The third kappa shape index (κ3) is 14.7. The lowest BCUT2D eigenvalue weighted by molar-refractivity contribution is 0.582. The summed E-state index contributed by atoms with van der Waals surface area (Å²) in [5.74, 6) is 0. The summed E-state index contributed by atoms with van der Waals surface area (Å²) in [6.07, 6.45) is 31.4. The quantitative estimate of drug-likeness (QED) is 0.106. The second-order valence-corrected chi connectivity index (χ2v) is 12.3. The van der Waals surface area contributed by atoms with Gasteiger partial charge in [-0.2, -0.15) is 0 Å². The third-order valence-corrected chi connectivity index (χ3v) is 8.67. The molecule has 1 heteroatoms. The Kier molecular flexibility index (Phi) is 20.6. The van der Waals surface area contributed by atoms with E-state index in [-0.39, 0.29) is 0 Å². The summed E-state index contributed by atoms with van der Waals surface area (Å²) in [7, 11) is 0. The van der Waals surface area contributed by atoms with Gasteiger partial charge in [0.05, 0.1) is 0 Å². The van der Waals surface area contributed by atoms with Gasteiger partial charge in [-0.25, -0.2) is 0 Å². The fourth-order valence-electron chi connectivity index (χ4n) is 6.15. The van der Waals surface area contributed by atoms with Crippen LogP contribution >= 0.6 is 0 Å². The monoisotopic (exact) mass is 548 g/mol. The normalized spacial score (nSPS) is 11.3. The molecule has 0 aliphatic rings. The van der Waals surface area contributed by atoms with E-state index in [4.69, 9.17) is 0 Å². The Morgan fingerprint density at radius 2 is 0.900 bits per heavy atom. The van der Waals surface area contributed by atoms with Crippen molar-refractivity contribution in [2.75, 3.05) is 11.4 Å². The summed E-state index contributed by atoms with van der Waals surface area (Å²) < 4.78 is 0. The molecule has 2 aromatic rings. The van der Waals surface area contributed by atoms with Gasteiger partial charge in [-0.1, -0.05) is 167 Å². The number of rotatable bonds is 26. The summed E-state index contributed by atoms with van der Waals surface area (Å²) in [5, 5.41) is 0. The van der Waals surface area contributed by atoms with Gasteiger partial charge in [-0.05, 0) is 61.4 Å². The number of nitrogens with zero attached hydrogens (tertiary/aromatic N) is 1. The van der Waals surface area contributed by atoms with Crippen molar-refractivity contribution < 1.29 is 0 Å². The van der Waals surface area contributed by atoms with Gasteiger partial charge in [0.1, 0.15) is 0 Å². The van der Waals surface area contributed by atoms with Crippen molar-refractivity contribution >= 4 is 11.4 Å². The molecular weight excluding hydrogens is 482 g/mol. The predicted molar refractivity (Wildman–Crippen MR) is 181 cm³/mol. The average Bonchev–Trinajstić information content (AvgIpc) is 2.98. The highest BCUT2D eigenvalue weighted by Gasteiger charge is 2.16. The molecule has 0 amide bonds. The highest BCUT2D eigenvalue weighted by Crippen LogP contribution is 2.33. The Hall–Kier alpha value is -1.76. The first-order valence-corrected chi connectivity index (χ1v) is 17.7. The van der Waals surface area contributed by atoms with Gasteiger partial charge in [0.2, 0.25) is 0 Å². The summed E-state index contributed by atoms with van der Waals surface area (Å²) >= 11 is 0. The lowest BCUT2D eigenvalue weighted by Crippen LogP contribution is -2.20. The van der Waals surface area contributed by atoms with E-state index >= 15 is 0 Å². The first-order chi connectivity index (χ1) is 19.8. The molecule has 226 valence electrons. The number of anilines is 2. The lowest BCUT2D eigenvalue weighted by atomic mass is 9.94. The summed E-state index contributed by atoms with van der Waals surface area (Å²) in [4.78, 5) is 2.66. The van der Waals surface area contributed by atoms with Gasteiger partial charge < -0.3 is 4.90 Å². The number of benzene rings is 2. The molecule has 1 nitrogen and oxygen atoms in total. The predicted octanol–water partition coefficient (Wildman–Crippen LogP) is 13.2. The van der Waals surface area contributed by atoms with Crippen LogP contribution < -0.4 is 4.90 Å². The van der Waals surface area contributed by atoms with Gasteiger partial charge >= 0.3 is 0 Å². The zero-order valence-corrected chi connectivity index (χ0v) is 27.0. The molecule has 0 aromatic heterocycles. The van der Waals surface area contributed by atoms with Crippen LogP contribution in [0.1, 0.15) is 167 Å². The largest absolute Gasteiger partial charge is 0.341 e. The average molecular weight is 548 g/mol. The molecule has 0 atom stereocenters. The highest BCUT2D eigenvalue weighted by molar-refractivity contribution is 5.68. The van der Waals surface area contributed by atoms with Crippen molar-refractivity contribution in [3.05, 3.63) is 59.7 Å². The van der Waals surface area contributed by atoms with Crippen LogP contribution in [0.4, 0.5) is 11.4 Å². The Morgan fingerprint density at radius 1 is 0.425 bits per heavy atom. The lowest BCUT2D eigenvalue weighted by Gasteiger charge is -2.29. The van der Waals surface area contributed by atoms with Gasteiger partial charge in [-0.3, -0.25) is 0 Å². The number of aryl methyl sites for hydroxylation is 1. The molecule has 40 heavy (non-hydrogen) atoms. The van der Waals surface area contributed by atoms with E-state index in [0.29, 0.717) is 0 Å². The van der Waals surface area contributed by atoms with Crippen molar-refractivity contribution in [2.45, 2.75) is 168 Å². The van der Waals surface area contributed by atoms with Crippen LogP contribution in [-0.4, -0.2) is 6.54 Å². The van der Waals surface area contributed by atoms with Crippen LogP contribution in [0.3, 0.4) is 0 Å². The first kappa shape index (κ1) is 34.4. The number of unbranched alkanes of at least 4 members (excludes halogenated alkanes) is 18. The fraction of sp³-hybridized carbons (Fsp3) is 0.692. The van der Waals surface area contributed by atoms with E-state index in [1.54, 1.807) is 11.1 Å². The fourth-order valence-corrected chi connectivity index (χ4v) is 6.15. The minimum absolute atomic E-state index is 1.13. The van der Waals surface area contributed by atoms with Gasteiger partial charge in [0, 0.05) is 17.9 Å². The second kappa shape index (κ2) is 23.9. The van der Waals surface area contributed by atoms with E-state index in [0.717, 1.165) is 6.54 Å². The Bertz CT molecular complexity index is 826. The van der Waals surface area contributed by atoms with E-state index < -0.39 is 0 Å². The molecule has 0 aliphatic heterocycles. The molecule has 0 aliphatic carbocycles. The van der Waals surface area contributed by atoms with Crippen molar-refractivity contribution in [2.24, 2.45) is 0 Å². The zero-order valence-electron chi connectivity index (χ0n) is 27.0. The smallest absolute Gasteiger partial charge is 0.0446 e. The van der Waals surface area contributed by atoms with Gasteiger partial charge in [0.25, 0.3) is 0 Å². The van der Waals surface area contributed by atoms with Crippen LogP contribution in [0, 0.1) is 0 Å². The molecule has 0 spiro atoms. The third-order valence-electron chi connectivity index (χ3n) is 8.67. The number of hydrogen-bond donors (Lipinski definition) is 0. The highest BCUT2D eigenvalue weighted by atomic mass is 15.1. The van der Waals surface area contributed by atoms with E-state index in [2.05, 4.69) is 74.2 Å². The zero-order chi connectivity index (χ0) is 28.5. The minimum Gasteiger partial charge on any atom is -0.341 e. The van der Waals surface area contributed by atoms with Crippen molar-refractivity contribution in [1.82, 2.24) is 0 Å². The maximum atomic E-state index is 2.66. The standard InChI is InChI=1S/C39H65N/c1-4-7-10-13-16-19-23-29-36-30-28-34-39(38(36)33-26-20-17-14-11-8-5-2)40(37-31-24-22-25-32-37)35-27-21-18-15-12-9-6-3/h22,24-25,28,30-32,34H,4-21,23,26-27,29,33,35H2,1-3H3. The molecule has 0 fully saturated rings. The minimum atomic E-state index is 1.13. The van der Waals surface area contributed by atoms with E-state index in [9.17, 15) is 0 Å². The van der Waals surface area contributed by atoms with Crippen molar-refractivity contribution in [3.8, 4) is 0 Å². The Morgan fingerprint density at radius 3 is 1.45 bits per heavy atom. The molecule has 0 saturated heterocycles. The van der Waals surface area contributed by atoms with Crippen LogP contribution in [0.25, 0.3) is 0 Å². The first-order valence-electron chi connectivity index (χ1n) is 17.7. The molecule has 0 saturated carbocycles. The summed E-state index contributed by atoms with van der Waals surface area (Å²) in [5.41, 5.74) is 6.12. The Labute approximate surface area is 250 Å². The van der Waals surface area contributed by atoms with Gasteiger partial charge in [-0.15, -0.1) is 0 Å². The molecule has 2 aromatic carbocycles. The van der Waals surface area contributed by atoms with Crippen LogP contribution in [0.2, 0.25) is 0 Å². The second-order valence-electron chi connectivity index (χ2n) is 12.3. The van der Waals surface area contributed by atoms with E-state index in [1.165, 1.54) is 159 Å². The summed E-state index contributed by atoms with van der Waals surface area (Å²) in [6.45, 7) is 8.06. The molecule has 2 rings (SSSR count). The molecule has 0 N–H and O–H groups in total. The van der Waals surface area contributed by atoms with Crippen molar-refractivity contribution in [1.29, 1.82) is 0 Å². The van der Waals surface area contributed by atoms with E-state index in [1.807, 2.05) is 0 Å². The summed E-state index contributed by atoms with van der Waals surface area (Å²) in [6, 6.07) is 18.5. The maximum absolute atomic E-state index is 2.66. The topological polar surface area (TPSA) is 3.24 Å². The molecule has 0 heterocycles. The maximum Gasteiger partial charge on any atom is 0.0446 e. The van der Waals surface area contributed by atoms with Crippen LogP contribution in [0.15, 0.2) is 48.5 Å². The molecule has 0 unspecified atom stereocenters. The van der Waals surface area contributed by atoms with Crippen LogP contribution in [0.5, 0.6) is 0 Å². The molecular formula is C39H65N. The number of hydrogen-bond acceptors (Lipinski definition) is 1. The SMILES string of the molecule is CCCCCCCCCc1cccc(N(CCCCCCCCC)c2ccccc2)c1CCCCCCCCC. The molecule has 0 radical (unpaired) electrons. The Balaban J connectivity index is 2.12.